The number of nitrogens with zero attached hydrogens (tertiary/aromatic N) is 3. The van der Waals surface area contributed by atoms with Crippen LogP contribution in [0.4, 0.5) is 5.69 Å². The van der Waals surface area contributed by atoms with Gasteiger partial charge < -0.3 is 24.8 Å². The molecule has 2 N–H and O–H groups in total. The Morgan fingerprint density at radius 3 is 2.66 bits per heavy atom. The first-order valence-corrected chi connectivity index (χ1v) is 11.7. The highest BCUT2D eigenvalue weighted by Gasteiger charge is 2.42. The van der Waals surface area contributed by atoms with E-state index in [0.717, 1.165) is 28.5 Å². The van der Waals surface area contributed by atoms with Gasteiger partial charge >= 0.3 is 0 Å². The molecule has 176 valence electrons. The maximum Gasteiger partial charge on any atom is 0.244 e. The summed E-state index contributed by atoms with van der Waals surface area (Å²) in [5.74, 6) is 0.620. The molecule has 1 aliphatic rings. The summed E-state index contributed by atoms with van der Waals surface area (Å²) in [6.45, 7) is 0.0953. The van der Waals surface area contributed by atoms with Crippen molar-refractivity contribution in [1.29, 1.82) is 0 Å². The highest BCUT2D eigenvalue weighted by molar-refractivity contribution is 7.80. The fraction of sp³-hybridized carbons (Fsp3) is 0.148. The molecule has 3 heterocycles. The van der Waals surface area contributed by atoms with Gasteiger partial charge in [0.25, 0.3) is 0 Å². The van der Waals surface area contributed by atoms with Crippen LogP contribution in [0.3, 0.4) is 0 Å². The van der Waals surface area contributed by atoms with E-state index in [2.05, 4.69) is 26.3 Å². The first-order chi connectivity index (χ1) is 17.1. The maximum atomic E-state index is 13.0. The Kier molecular flexibility index (Phi) is 6.45. The molecule has 1 aliphatic heterocycles. The highest BCUT2D eigenvalue weighted by Crippen LogP contribution is 2.39. The molecule has 7 nitrogen and oxygen atoms in total. The van der Waals surface area contributed by atoms with E-state index in [1.165, 1.54) is 0 Å². The number of anilines is 1. The van der Waals surface area contributed by atoms with Gasteiger partial charge in [0, 0.05) is 35.5 Å². The molecule has 4 aromatic rings. The van der Waals surface area contributed by atoms with Crippen LogP contribution in [0.5, 0.6) is 5.75 Å². The van der Waals surface area contributed by atoms with Crippen molar-refractivity contribution >= 4 is 28.9 Å². The van der Waals surface area contributed by atoms with Gasteiger partial charge in [0.15, 0.2) is 5.11 Å². The lowest BCUT2D eigenvalue weighted by Gasteiger charge is -2.28. The van der Waals surface area contributed by atoms with Crippen LogP contribution in [0.1, 0.15) is 23.5 Å². The van der Waals surface area contributed by atoms with E-state index in [0.29, 0.717) is 5.11 Å². The molecule has 5 rings (SSSR count). The van der Waals surface area contributed by atoms with Gasteiger partial charge in [-0.3, -0.25) is 9.78 Å². The summed E-state index contributed by atoms with van der Waals surface area (Å²) in [5, 5.41) is 6.88. The summed E-state index contributed by atoms with van der Waals surface area (Å²) in [5.41, 5.74) is 3.53. The van der Waals surface area contributed by atoms with Crippen molar-refractivity contribution in [1.82, 2.24) is 19.8 Å². The van der Waals surface area contributed by atoms with Crippen molar-refractivity contribution in [3.8, 4) is 11.4 Å². The topological polar surface area (TPSA) is 71.4 Å². The molecule has 0 radical (unpaired) electrons. The number of para-hydroxylation sites is 1. The van der Waals surface area contributed by atoms with Crippen LogP contribution in [0, 0.1) is 0 Å². The summed E-state index contributed by atoms with van der Waals surface area (Å²) in [6.07, 6.45) is 3.77. The lowest BCUT2D eigenvalue weighted by molar-refractivity contribution is -0.116. The molecule has 1 saturated heterocycles. The first kappa shape index (κ1) is 22.6. The number of methoxy groups -OCH3 is 1. The zero-order chi connectivity index (χ0) is 24.2. The molecule has 8 heteroatoms. The van der Waals surface area contributed by atoms with E-state index in [1.54, 1.807) is 13.3 Å². The minimum Gasteiger partial charge on any atom is -0.497 e. The highest BCUT2D eigenvalue weighted by atomic mass is 32.1. The van der Waals surface area contributed by atoms with Crippen molar-refractivity contribution in [2.24, 2.45) is 0 Å². The third-order valence-corrected chi connectivity index (χ3v) is 6.34. The van der Waals surface area contributed by atoms with Crippen LogP contribution in [-0.4, -0.2) is 39.1 Å². The number of nitrogens with one attached hydrogen (secondary N) is 2. The van der Waals surface area contributed by atoms with E-state index >= 15 is 0 Å². The maximum absolute atomic E-state index is 13.0. The number of carbonyl (C=O) groups excluding carboxylic acids is 1. The molecule has 0 saturated carbocycles. The molecule has 0 aliphatic carbocycles. The number of pyridine rings is 1. The molecule has 0 bridgehead atoms. The first-order valence-electron chi connectivity index (χ1n) is 11.3. The van der Waals surface area contributed by atoms with Gasteiger partial charge in [-0.15, -0.1) is 0 Å². The Bertz CT molecular complexity index is 1330. The Hall–Kier alpha value is -4.17. The number of carbonyl (C=O) groups is 1. The van der Waals surface area contributed by atoms with Crippen LogP contribution >= 0.6 is 12.2 Å². The summed E-state index contributed by atoms with van der Waals surface area (Å²) < 4.78 is 7.53. The van der Waals surface area contributed by atoms with Gasteiger partial charge in [-0.2, -0.15) is 0 Å². The van der Waals surface area contributed by atoms with Gasteiger partial charge in [0.2, 0.25) is 5.91 Å². The van der Waals surface area contributed by atoms with Crippen molar-refractivity contribution in [2.75, 3.05) is 19.0 Å². The van der Waals surface area contributed by atoms with Gasteiger partial charge in [-0.25, -0.2) is 0 Å². The number of thiocarbonyl (C=S) groups is 1. The van der Waals surface area contributed by atoms with E-state index in [1.807, 2.05) is 90.0 Å². The summed E-state index contributed by atoms with van der Waals surface area (Å²) in [7, 11) is 1.65. The molecular weight excluding hydrogens is 458 g/mol. The van der Waals surface area contributed by atoms with E-state index in [9.17, 15) is 4.79 Å². The fourth-order valence-electron chi connectivity index (χ4n) is 4.40. The average Bonchev–Trinajstić information content (AvgIpc) is 3.50. The van der Waals surface area contributed by atoms with Crippen molar-refractivity contribution in [3.63, 3.8) is 0 Å². The standard InChI is InChI=1S/C27H25N5O2S/c1-34-21-12-7-11-20(17-21)31-16-8-14-23(31)26-25(22-13-5-6-15-28-22)30-27(35)32(26)18-24(33)29-19-9-3-2-4-10-19/h2-17,25-26H,18H2,1H3,(H,29,33)(H,30,35)/t25-,26-/m1/s1. The lowest BCUT2D eigenvalue weighted by atomic mass is 10.0. The predicted octanol–water partition coefficient (Wildman–Crippen LogP) is 4.49. The minimum atomic E-state index is -0.264. The van der Waals surface area contributed by atoms with Crippen molar-refractivity contribution in [3.05, 3.63) is 109 Å². The van der Waals surface area contributed by atoms with Crippen LogP contribution in [0.15, 0.2) is 97.3 Å². The number of amides is 1. The number of hydrogen-bond acceptors (Lipinski definition) is 4. The van der Waals surface area contributed by atoms with Crippen molar-refractivity contribution in [2.45, 2.75) is 12.1 Å². The van der Waals surface area contributed by atoms with Crippen LogP contribution < -0.4 is 15.4 Å². The van der Waals surface area contributed by atoms with E-state index in [4.69, 9.17) is 17.0 Å². The third kappa shape index (κ3) is 4.74. The number of hydrogen-bond donors (Lipinski definition) is 2. The second-order valence-electron chi connectivity index (χ2n) is 8.17. The molecule has 2 aromatic carbocycles. The largest absolute Gasteiger partial charge is 0.497 e. The Morgan fingerprint density at radius 1 is 1.06 bits per heavy atom. The SMILES string of the molecule is COc1cccc(-n2cccc2[C@@H]2[C@@H](c3ccccn3)NC(=S)N2CC(=O)Nc2ccccc2)c1. The van der Waals surface area contributed by atoms with Crippen LogP contribution in [-0.2, 0) is 4.79 Å². The fourth-order valence-corrected chi connectivity index (χ4v) is 4.71. The van der Waals surface area contributed by atoms with Gasteiger partial charge in [-0.05, 0) is 60.7 Å². The monoisotopic (exact) mass is 483 g/mol. The molecule has 0 unspecified atom stereocenters. The number of aromatic nitrogens is 2. The van der Waals surface area contributed by atoms with E-state index in [-0.39, 0.29) is 24.5 Å². The average molecular weight is 484 g/mol. The van der Waals surface area contributed by atoms with Crippen molar-refractivity contribution < 1.29 is 9.53 Å². The number of ether oxygens (including phenoxy) is 1. The van der Waals surface area contributed by atoms with Gasteiger partial charge in [-0.1, -0.05) is 30.3 Å². The van der Waals surface area contributed by atoms with Gasteiger partial charge in [0.1, 0.15) is 12.3 Å². The molecule has 0 spiro atoms. The Labute approximate surface area is 209 Å². The summed E-state index contributed by atoms with van der Waals surface area (Å²) in [6, 6.07) is 26.6. The minimum absolute atomic E-state index is 0.0953. The quantitative estimate of drug-likeness (QED) is 0.378. The van der Waals surface area contributed by atoms with E-state index < -0.39 is 0 Å². The summed E-state index contributed by atoms with van der Waals surface area (Å²) in [4.78, 5) is 19.5. The third-order valence-electron chi connectivity index (χ3n) is 5.98. The Morgan fingerprint density at radius 2 is 1.89 bits per heavy atom. The zero-order valence-electron chi connectivity index (χ0n) is 19.2. The van der Waals surface area contributed by atoms with Crippen LogP contribution in [0.2, 0.25) is 0 Å². The second kappa shape index (κ2) is 9.99. The number of benzene rings is 2. The normalized spacial score (nSPS) is 17.2. The van der Waals surface area contributed by atoms with Crippen LogP contribution in [0.25, 0.3) is 5.69 Å². The molecule has 1 amide bonds. The number of rotatable bonds is 7. The summed E-state index contributed by atoms with van der Waals surface area (Å²) >= 11 is 5.73. The molecule has 1 fully saturated rings. The second-order valence-corrected chi connectivity index (χ2v) is 8.56. The molecule has 2 atom stereocenters. The smallest absolute Gasteiger partial charge is 0.244 e. The predicted molar refractivity (Wildman–Crippen MR) is 140 cm³/mol. The Balaban J connectivity index is 1.52. The van der Waals surface area contributed by atoms with Gasteiger partial charge in [0.05, 0.1) is 24.9 Å². The molecule has 2 aromatic heterocycles. The molecule has 35 heavy (non-hydrogen) atoms. The zero-order valence-corrected chi connectivity index (χ0v) is 20.0. The molecular formula is C27H25N5O2S. The lowest BCUT2D eigenvalue weighted by Crippen LogP contribution is -2.37.